The fourth-order valence-electron chi connectivity index (χ4n) is 3.52. The number of hydrogen-bond donors (Lipinski definition) is 2. The number of carbonyl (C=O) groups excluding carboxylic acids is 1. The molecular formula is C24H48N2O. The molecular weight excluding hydrogens is 332 g/mol. The van der Waals surface area contributed by atoms with E-state index in [9.17, 15) is 4.79 Å². The second-order valence-corrected chi connectivity index (χ2v) is 8.27. The van der Waals surface area contributed by atoms with Crippen LogP contribution in [0.3, 0.4) is 0 Å². The maximum Gasteiger partial charge on any atom is 0.237 e. The number of nitrogens with two attached hydrogens (primary N) is 2. The van der Waals surface area contributed by atoms with E-state index in [1.165, 1.54) is 89.9 Å². The highest BCUT2D eigenvalue weighted by atomic mass is 16.1. The van der Waals surface area contributed by atoms with Crippen LogP contribution in [0.15, 0.2) is 12.2 Å². The molecule has 0 aliphatic carbocycles. The van der Waals surface area contributed by atoms with Crippen LogP contribution in [0.5, 0.6) is 0 Å². The minimum Gasteiger partial charge on any atom is -0.368 e. The van der Waals surface area contributed by atoms with Crippen LogP contribution in [0.4, 0.5) is 0 Å². The van der Waals surface area contributed by atoms with Crippen LogP contribution >= 0.6 is 0 Å². The summed E-state index contributed by atoms with van der Waals surface area (Å²) in [5, 5.41) is 0. The highest BCUT2D eigenvalue weighted by Gasteiger charge is 2.28. The van der Waals surface area contributed by atoms with Crippen molar-refractivity contribution < 1.29 is 4.79 Å². The molecule has 0 spiro atoms. The summed E-state index contributed by atoms with van der Waals surface area (Å²) in [7, 11) is 0. The molecule has 0 bridgehead atoms. The zero-order chi connectivity index (χ0) is 20.2. The van der Waals surface area contributed by atoms with E-state index in [1.807, 2.05) is 6.92 Å². The summed E-state index contributed by atoms with van der Waals surface area (Å²) < 4.78 is 0. The summed E-state index contributed by atoms with van der Waals surface area (Å²) in [6, 6.07) is 0. The quantitative estimate of drug-likeness (QED) is 0.180. The van der Waals surface area contributed by atoms with Crippen molar-refractivity contribution in [3.8, 4) is 0 Å². The van der Waals surface area contributed by atoms with Crippen molar-refractivity contribution in [1.82, 2.24) is 0 Å². The lowest BCUT2D eigenvalue weighted by Crippen LogP contribution is -2.51. The Labute approximate surface area is 169 Å². The summed E-state index contributed by atoms with van der Waals surface area (Å²) in [4.78, 5) is 11.4. The van der Waals surface area contributed by atoms with Gasteiger partial charge in [-0.05, 0) is 38.5 Å². The molecule has 0 aliphatic heterocycles. The SMILES string of the molecule is CCCCCCCC/C=C\CCCCCCCCCCC(N)(CC)C(N)=O. The topological polar surface area (TPSA) is 69.1 Å². The minimum absolute atomic E-state index is 0.356. The van der Waals surface area contributed by atoms with E-state index in [0.29, 0.717) is 6.42 Å². The van der Waals surface area contributed by atoms with Gasteiger partial charge >= 0.3 is 0 Å². The van der Waals surface area contributed by atoms with Crippen LogP contribution in [-0.2, 0) is 4.79 Å². The normalized spacial score (nSPS) is 13.9. The second-order valence-electron chi connectivity index (χ2n) is 8.27. The first-order valence-corrected chi connectivity index (χ1v) is 11.8. The Bertz CT molecular complexity index is 367. The number of primary amides is 1. The van der Waals surface area contributed by atoms with Crippen molar-refractivity contribution in [1.29, 1.82) is 0 Å². The Balaban J connectivity index is 3.29. The summed E-state index contributed by atoms with van der Waals surface area (Å²) in [6.45, 7) is 4.21. The number of allylic oxidation sites excluding steroid dienone is 2. The fourth-order valence-corrected chi connectivity index (χ4v) is 3.52. The zero-order valence-electron chi connectivity index (χ0n) is 18.4. The first kappa shape index (κ1) is 26.2. The molecule has 0 saturated heterocycles. The van der Waals surface area contributed by atoms with Gasteiger partial charge in [-0.3, -0.25) is 4.79 Å². The predicted molar refractivity (Wildman–Crippen MR) is 120 cm³/mol. The zero-order valence-corrected chi connectivity index (χ0v) is 18.4. The number of rotatable bonds is 20. The molecule has 160 valence electrons. The molecule has 0 rings (SSSR count). The highest BCUT2D eigenvalue weighted by molar-refractivity contribution is 5.84. The van der Waals surface area contributed by atoms with Crippen molar-refractivity contribution in [2.45, 2.75) is 135 Å². The average Bonchev–Trinajstić information content (AvgIpc) is 2.66. The molecule has 1 unspecified atom stereocenters. The van der Waals surface area contributed by atoms with Gasteiger partial charge in [0.15, 0.2) is 0 Å². The van der Waals surface area contributed by atoms with Crippen LogP contribution in [0.2, 0.25) is 0 Å². The molecule has 0 aromatic heterocycles. The maximum atomic E-state index is 11.4. The molecule has 0 aromatic rings. The molecule has 0 aromatic carbocycles. The van der Waals surface area contributed by atoms with Gasteiger partial charge in [0.05, 0.1) is 5.54 Å². The molecule has 4 N–H and O–H groups in total. The van der Waals surface area contributed by atoms with Gasteiger partial charge in [-0.2, -0.15) is 0 Å². The van der Waals surface area contributed by atoms with Crippen LogP contribution in [0.25, 0.3) is 0 Å². The van der Waals surface area contributed by atoms with E-state index >= 15 is 0 Å². The van der Waals surface area contributed by atoms with Gasteiger partial charge < -0.3 is 11.5 Å². The van der Waals surface area contributed by atoms with Gasteiger partial charge in [0, 0.05) is 0 Å². The van der Waals surface area contributed by atoms with Crippen molar-refractivity contribution in [3.05, 3.63) is 12.2 Å². The Morgan fingerprint density at radius 3 is 1.52 bits per heavy atom. The third-order valence-electron chi connectivity index (χ3n) is 5.76. The van der Waals surface area contributed by atoms with E-state index in [1.54, 1.807) is 0 Å². The van der Waals surface area contributed by atoms with Gasteiger partial charge in [0.25, 0.3) is 0 Å². The standard InChI is InChI=1S/C24H48N2O/c1-3-5-6-7-8-9-10-11-12-13-14-15-16-17-18-19-20-21-22-24(26,4-2)23(25)27/h11-12H,3-10,13-22,26H2,1-2H3,(H2,25,27)/b12-11-. The summed E-state index contributed by atoms with van der Waals surface area (Å²) in [5.74, 6) is -0.356. The molecule has 0 heterocycles. The van der Waals surface area contributed by atoms with Crippen LogP contribution < -0.4 is 11.5 Å². The molecule has 0 radical (unpaired) electrons. The number of hydrogen-bond acceptors (Lipinski definition) is 2. The largest absolute Gasteiger partial charge is 0.368 e. The van der Waals surface area contributed by atoms with Gasteiger partial charge in [0.1, 0.15) is 0 Å². The molecule has 0 saturated carbocycles. The van der Waals surface area contributed by atoms with Crippen molar-refractivity contribution in [2.75, 3.05) is 0 Å². The van der Waals surface area contributed by atoms with Gasteiger partial charge in [-0.1, -0.05) is 103 Å². The number of amides is 1. The molecule has 3 nitrogen and oxygen atoms in total. The van der Waals surface area contributed by atoms with E-state index in [0.717, 1.165) is 19.3 Å². The first-order valence-electron chi connectivity index (χ1n) is 11.8. The molecule has 0 aliphatic rings. The number of carbonyl (C=O) groups is 1. The van der Waals surface area contributed by atoms with E-state index in [2.05, 4.69) is 19.1 Å². The maximum absolute atomic E-state index is 11.4. The lowest BCUT2D eigenvalue weighted by Gasteiger charge is -2.23. The van der Waals surface area contributed by atoms with Crippen molar-refractivity contribution in [2.24, 2.45) is 11.5 Å². The smallest absolute Gasteiger partial charge is 0.237 e. The third-order valence-corrected chi connectivity index (χ3v) is 5.76. The molecule has 0 fully saturated rings. The number of unbranched alkanes of at least 4 members (excludes halogenated alkanes) is 14. The van der Waals surface area contributed by atoms with Gasteiger partial charge in [0.2, 0.25) is 5.91 Å². The van der Waals surface area contributed by atoms with E-state index < -0.39 is 5.54 Å². The third kappa shape index (κ3) is 15.9. The van der Waals surface area contributed by atoms with Crippen LogP contribution in [-0.4, -0.2) is 11.4 Å². The molecule has 3 heteroatoms. The van der Waals surface area contributed by atoms with Crippen LogP contribution in [0.1, 0.15) is 129 Å². The van der Waals surface area contributed by atoms with Gasteiger partial charge in [-0.15, -0.1) is 0 Å². The van der Waals surface area contributed by atoms with Gasteiger partial charge in [-0.25, -0.2) is 0 Å². The minimum atomic E-state index is -0.789. The average molecular weight is 381 g/mol. The summed E-state index contributed by atoms with van der Waals surface area (Å²) >= 11 is 0. The van der Waals surface area contributed by atoms with Crippen LogP contribution in [0, 0.1) is 0 Å². The predicted octanol–water partition coefficient (Wildman–Crippen LogP) is 6.79. The fraction of sp³-hybridized carbons (Fsp3) is 0.875. The molecule has 1 amide bonds. The van der Waals surface area contributed by atoms with Crippen molar-refractivity contribution in [3.63, 3.8) is 0 Å². The Kier molecular flexibility index (Phi) is 18.0. The Hall–Kier alpha value is -0.830. The Morgan fingerprint density at radius 1 is 0.704 bits per heavy atom. The van der Waals surface area contributed by atoms with Crippen molar-refractivity contribution >= 4 is 5.91 Å². The van der Waals surface area contributed by atoms with E-state index in [-0.39, 0.29) is 5.91 Å². The molecule has 1 atom stereocenters. The van der Waals surface area contributed by atoms with E-state index in [4.69, 9.17) is 11.5 Å². The monoisotopic (exact) mass is 380 g/mol. The summed E-state index contributed by atoms with van der Waals surface area (Å²) in [5.41, 5.74) is 10.6. The lowest BCUT2D eigenvalue weighted by molar-refractivity contribution is -0.123. The Morgan fingerprint density at radius 2 is 1.11 bits per heavy atom. The first-order chi connectivity index (χ1) is 13.1. The second kappa shape index (κ2) is 18.5. The summed E-state index contributed by atoms with van der Waals surface area (Å²) in [6.07, 6.45) is 27.1. The molecule has 27 heavy (non-hydrogen) atoms. The lowest BCUT2D eigenvalue weighted by atomic mass is 9.89. The highest BCUT2D eigenvalue weighted by Crippen LogP contribution is 2.17.